The Bertz CT molecular complexity index is 1480. The van der Waals surface area contributed by atoms with Gasteiger partial charge in [-0.2, -0.15) is 0 Å². The molecule has 0 saturated carbocycles. The molecule has 0 aliphatic carbocycles. The minimum atomic E-state index is -0.530. The molecule has 0 radical (unpaired) electrons. The van der Waals surface area contributed by atoms with Crippen LogP contribution >= 0.6 is 0 Å². The highest BCUT2D eigenvalue weighted by molar-refractivity contribution is 6.66. The Hall–Kier alpha value is -3.40. The van der Waals surface area contributed by atoms with E-state index in [-0.39, 0.29) is 13.1 Å². The second-order valence-electron chi connectivity index (χ2n) is 10.1. The van der Waals surface area contributed by atoms with E-state index in [9.17, 15) is 0 Å². The lowest BCUT2D eigenvalue weighted by Crippen LogP contribution is -2.46. The fourth-order valence-electron chi connectivity index (χ4n) is 6.46. The zero-order chi connectivity index (χ0) is 23.4. The van der Waals surface area contributed by atoms with Gasteiger partial charge in [0.25, 0.3) is 0 Å². The molecular weight excluding hydrogens is 425 g/mol. The van der Waals surface area contributed by atoms with Gasteiger partial charge < -0.3 is 9.47 Å². The fraction of sp³-hybridized carbons (Fsp3) is 0.188. The van der Waals surface area contributed by atoms with Crippen LogP contribution in [0.4, 0.5) is 0 Å². The molecule has 2 nitrogen and oxygen atoms in total. The molecule has 2 fully saturated rings. The Balaban J connectivity index is 1.49. The van der Waals surface area contributed by atoms with Gasteiger partial charge >= 0.3 is 7.05 Å². The lowest BCUT2D eigenvalue weighted by Gasteiger charge is -2.36. The first-order chi connectivity index (χ1) is 17.2. The first-order valence-electron chi connectivity index (χ1n) is 12.7. The predicted molar refractivity (Wildman–Crippen MR) is 146 cm³/mol. The molecule has 35 heavy (non-hydrogen) atoms. The summed E-state index contributed by atoms with van der Waals surface area (Å²) < 4.78 is 7.38. The van der Waals surface area contributed by atoms with Crippen LogP contribution in [0.25, 0.3) is 21.5 Å². The maximum Gasteiger partial charge on any atom is 0.420 e. The Labute approximate surface area is 207 Å². The minimum Gasteiger partial charge on any atom is -0.402 e. The molecule has 2 heterocycles. The van der Waals surface area contributed by atoms with Crippen LogP contribution in [0.15, 0.2) is 109 Å². The summed E-state index contributed by atoms with van der Waals surface area (Å²) in [7, 11) is -0.0540. The van der Waals surface area contributed by atoms with Crippen molar-refractivity contribution in [2.75, 3.05) is 6.54 Å². The number of hydrogen-bond acceptors (Lipinski definition) is 2. The molecule has 170 valence electrons. The summed E-state index contributed by atoms with van der Waals surface area (Å²) >= 11 is 0. The summed E-state index contributed by atoms with van der Waals surface area (Å²) in [4.78, 5) is 2.62. The Morgan fingerprint density at radius 1 is 0.714 bits per heavy atom. The summed E-state index contributed by atoms with van der Waals surface area (Å²) in [6.45, 7) is 3.27. The first kappa shape index (κ1) is 20.9. The fourth-order valence-corrected chi connectivity index (χ4v) is 6.46. The molecule has 0 bridgehead atoms. The zero-order valence-electron chi connectivity index (χ0n) is 20.0. The number of aryl methyl sites for hydroxylation is 1. The Morgan fingerprint density at radius 3 is 1.91 bits per heavy atom. The molecule has 2 aliphatic heterocycles. The monoisotopic (exact) mass is 453 g/mol. The molecular formula is C32H28BNO. The summed E-state index contributed by atoms with van der Waals surface area (Å²) in [6, 6.07) is 40.1. The van der Waals surface area contributed by atoms with E-state index in [0.717, 1.165) is 13.0 Å². The van der Waals surface area contributed by atoms with Crippen LogP contribution in [0.3, 0.4) is 0 Å². The van der Waals surface area contributed by atoms with E-state index in [1.165, 1.54) is 50.1 Å². The average molecular weight is 453 g/mol. The highest BCUT2D eigenvalue weighted by Crippen LogP contribution is 2.50. The Kier molecular flexibility index (Phi) is 4.83. The third kappa shape index (κ3) is 3.19. The summed E-state index contributed by atoms with van der Waals surface area (Å²) in [5.74, 6) is 0. The van der Waals surface area contributed by atoms with Gasteiger partial charge in [0.1, 0.15) is 5.60 Å². The van der Waals surface area contributed by atoms with Crippen molar-refractivity contribution in [2.24, 2.45) is 0 Å². The number of hydrogen-bond donors (Lipinski definition) is 0. The highest BCUT2D eigenvalue weighted by Gasteiger charge is 2.59. The average Bonchev–Trinajstić information content (AvgIpc) is 3.51. The minimum absolute atomic E-state index is 0.0540. The van der Waals surface area contributed by atoms with Gasteiger partial charge in [-0.15, -0.1) is 0 Å². The molecule has 5 aromatic rings. The van der Waals surface area contributed by atoms with Gasteiger partial charge in [-0.25, -0.2) is 0 Å². The highest BCUT2D eigenvalue weighted by atomic mass is 16.5. The molecule has 0 amide bonds. The van der Waals surface area contributed by atoms with Gasteiger partial charge in [0.15, 0.2) is 0 Å². The van der Waals surface area contributed by atoms with Crippen molar-refractivity contribution in [3.63, 3.8) is 0 Å². The molecule has 0 unspecified atom stereocenters. The maximum atomic E-state index is 7.38. The van der Waals surface area contributed by atoms with Crippen molar-refractivity contribution < 1.29 is 4.65 Å². The van der Waals surface area contributed by atoms with Crippen LogP contribution in [0.2, 0.25) is 0 Å². The first-order valence-corrected chi connectivity index (χ1v) is 12.7. The molecule has 7 rings (SSSR count). The topological polar surface area (TPSA) is 12.5 Å². The maximum absolute atomic E-state index is 7.38. The van der Waals surface area contributed by atoms with Gasteiger partial charge in [-0.3, -0.25) is 0 Å². The van der Waals surface area contributed by atoms with E-state index >= 15 is 0 Å². The van der Waals surface area contributed by atoms with Crippen LogP contribution in [0, 0.1) is 6.92 Å². The van der Waals surface area contributed by atoms with E-state index < -0.39 is 5.60 Å². The standard InChI is InChI=1S/C32H28BNO/c1-23-9-2-7-14-30(23)33-34-20-8-15-31(34)32(35-33,28-18-16-24-10-3-5-12-26(24)21-28)29-19-17-25-11-4-6-13-27(25)22-29/h2-7,9-14,16-19,21-22,31H,8,15,20H2,1H3/t31-/m0/s1. The molecule has 2 aliphatic rings. The van der Waals surface area contributed by atoms with E-state index in [4.69, 9.17) is 4.65 Å². The summed E-state index contributed by atoms with van der Waals surface area (Å²) in [5.41, 5.74) is 4.54. The van der Waals surface area contributed by atoms with E-state index in [0.29, 0.717) is 0 Å². The molecule has 0 spiro atoms. The van der Waals surface area contributed by atoms with Crippen molar-refractivity contribution in [2.45, 2.75) is 31.4 Å². The van der Waals surface area contributed by atoms with Crippen LogP contribution in [-0.2, 0) is 10.3 Å². The Morgan fingerprint density at radius 2 is 1.29 bits per heavy atom. The second-order valence-corrected chi connectivity index (χ2v) is 10.1. The molecule has 2 saturated heterocycles. The van der Waals surface area contributed by atoms with Crippen LogP contribution in [-0.4, -0.2) is 24.4 Å². The van der Waals surface area contributed by atoms with Crippen LogP contribution in [0.5, 0.6) is 0 Å². The van der Waals surface area contributed by atoms with Crippen molar-refractivity contribution >= 4 is 34.1 Å². The van der Waals surface area contributed by atoms with Gasteiger partial charge in [0, 0.05) is 6.04 Å². The van der Waals surface area contributed by atoms with Crippen molar-refractivity contribution in [3.8, 4) is 0 Å². The third-order valence-corrected chi connectivity index (χ3v) is 8.17. The number of rotatable bonds is 3. The molecule has 0 N–H and O–H groups in total. The van der Waals surface area contributed by atoms with Crippen LogP contribution in [0.1, 0.15) is 29.5 Å². The van der Waals surface area contributed by atoms with E-state index in [1.807, 2.05) is 0 Å². The lowest BCUT2D eigenvalue weighted by atomic mass is 9.70. The molecule has 1 atom stereocenters. The van der Waals surface area contributed by atoms with Gasteiger partial charge in [-0.1, -0.05) is 103 Å². The third-order valence-electron chi connectivity index (χ3n) is 8.17. The van der Waals surface area contributed by atoms with Crippen molar-refractivity contribution in [1.29, 1.82) is 0 Å². The largest absolute Gasteiger partial charge is 0.420 e. The van der Waals surface area contributed by atoms with Gasteiger partial charge in [-0.05, 0) is 76.6 Å². The van der Waals surface area contributed by atoms with Crippen molar-refractivity contribution in [3.05, 3.63) is 126 Å². The SMILES string of the molecule is Cc1ccccc1B1OC(c2ccc3ccccc3c2)(c2ccc3ccccc3c2)[C@@H]2CCCN12. The number of benzene rings is 5. The lowest BCUT2D eigenvalue weighted by molar-refractivity contribution is 0.107. The summed E-state index contributed by atoms with van der Waals surface area (Å²) in [6.07, 6.45) is 2.32. The van der Waals surface area contributed by atoms with Gasteiger partial charge in [0.2, 0.25) is 0 Å². The molecule has 3 heteroatoms. The molecule has 0 aromatic heterocycles. The molecule has 5 aromatic carbocycles. The van der Waals surface area contributed by atoms with Gasteiger partial charge in [0.05, 0.1) is 0 Å². The predicted octanol–water partition coefficient (Wildman–Crippen LogP) is 6.44. The number of fused-ring (bicyclic) bond motifs is 3. The van der Waals surface area contributed by atoms with E-state index in [1.54, 1.807) is 0 Å². The quantitative estimate of drug-likeness (QED) is 0.292. The number of nitrogens with zero attached hydrogens (tertiary/aromatic N) is 1. The summed E-state index contributed by atoms with van der Waals surface area (Å²) in [5, 5.41) is 5.05. The van der Waals surface area contributed by atoms with Crippen LogP contribution < -0.4 is 5.46 Å². The normalized spacial score (nSPS) is 19.5. The second kappa shape index (κ2) is 8.08. The van der Waals surface area contributed by atoms with Crippen molar-refractivity contribution in [1.82, 2.24) is 4.81 Å². The van der Waals surface area contributed by atoms with E-state index in [2.05, 4.69) is 121 Å². The smallest absolute Gasteiger partial charge is 0.402 e. The zero-order valence-corrected chi connectivity index (χ0v) is 20.0.